The summed E-state index contributed by atoms with van der Waals surface area (Å²) in [5.41, 5.74) is 1.01. The quantitative estimate of drug-likeness (QED) is 0.452. The zero-order valence-electron chi connectivity index (χ0n) is 15.5. The maximum Gasteiger partial charge on any atom is 0.191 e. The van der Waals surface area contributed by atoms with Crippen LogP contribution in [0.3, 0.4) is 0 Å². The fourth-order valence-electron chi connectivity index (χ4n) is 3.26. The number of pyridine rings is 1. The number of rotatable bonds is 6. The van der Waals surface area contributed by atoms with E-state index in [1.165, 1.54) is 6.07 Å². The summed E-state index contributed by atoms with van der Waals surface area (Å²) >= 11 is 6.25. The zero-order chi connectivity index (χ0) is 19.1. The molecule has 1 aliphatic heterocycles. The molecule has 0 amide bonds. The molecular weight excluding hydrogens is 365 g/mol. The van der Waals surface area contributed by atoms with E-state index < -0.39 is 0 Å². The van der Waals surface area contributed by atoms with Crippen LogP contribution in [-0.2, 0) is 6.42 Å². The smallest absolute Gasteiger partial charge is 0.191 e. The number of nitrogens with zero attached hydrogens (tertiary/aromatic N) is 3. The molecule has 2 aromatic rings. The van der Waals surface area contributed by atoms with Crippen molar-refractivity contribution in [2.45, 2.75) is 25.3 Å². The number of aliphatic imine (C=N–C) groups is 1. The monoisotopic (exact) mass is 389 g/mol. The first-order valence-electron chi connectivity index (χ1n) is 9.23. The van der Waals surface area contributed by atoms with Crippen molar-refractivity contribution < 1.29 is 4.39 Å². The molecule has 0 spiro atoms. The molecule has 0 saturated carbocycles. The summed E-state index contributed by atoms with van der Waals surface area (Å²) in [7, 11) is 1.77. The summed E-state index contributed by atoms with van der Waals surface area (Å²) in [6, 6.07) is 10.7. The van der Waals surface area contributed by atoms with E-state index in [9.17, 15) is 4.39 Å². The number of aryl methyl sites for hydroxylation is 1. The minimum atomic E-state index is -0.184. The fourth-order valence-corrected chi connectivity index (χ4v) is 3.50. The van der Waals surface area contributed by atoms with Crippen LogP contribution in [0.5, 0.6) is 0 Å². The topological polar surface area (TPSA) is 52.6 Å². The summed E-state index contributed by atoms with van der Waals surface area (Å²) in [4.78, 5) is 10.9. The Kier molecular flexibility index (Phi) is 6.87. The van der Waals surface area contributed by atoms with Crippen LogP contribution in [0.1, 0.15) is 18.4 Å². The third-order valence-corrected chi connectivity index (χ3v) is 4.91. The normalized spacial score (nSPS) is 17.2. The second-order valence-corrected chi connectivity index (χ2v) is 7.02. The first-order valence-corrected chi connectivity index (χ1v) is 9.60. The Morgan fingerprint density at radius 3 is 3.04 bits per heavy atom. The molecule has 1 unspecified atom stereocenters. The van der Waals surface area contributed by atoms with Gasteiger partial charge in [0.25, 0.3) is 0 Å². The Morgan fingerprint density at radius 1 is 1.37 bits per heavy atom. The van der Waals surface area contributed by atoms with Gasteiger partial charge in [0.15, 0.2) is 5.96 Å². The Bertz CT molecular complexity index is 782. The minimum Gasteiger partial charge on any atom is -0.356 e. The number of guanidine groups is 1. The third kappa shape index (κ3) is 5.57. The maximum atomic E-state index is 13.2. The molecule has 0 bridgehead atoms. The Labute approximate surface area is 164 Å². The first-order chi connectivity index (χ1) is 13.2. The van der Waals surface area contributed by atoms with Gasteiger partial charge in [0.2, 0.25) is 0 Å². The van der Waals surface area contributed by atoms with Gasteiger partial charge in [-0.05, 0) is 49.1 Å². The van der Waals surface area contributed by atoms with E-state index in [2.05, 4.69) is 25.5 Å². The van der Waals surface area contributed by atoms with Crippen molar-refractivity contribution in [1.29, 1.82) is 0 Å². The van der Waals surface area contributed by atoms with Gasteiger partial charge in [-0.15, -0.1) is 0 Å². The van der Waals surface area contributed by atoms with Crippen molar-refractivity contribution in [1.82, 2.24) is 15.6 Å². The van der Waals surface area contributed by atoms with Crippen molar-refractivity contribution in [3.05, 3.63) is 59.0 Å². The van der Waals surface area contributed by atoms with Gasteiger partial charge < -0.3 is 15.5 Å². The molecule has 5 nitrogen and oxygen atoms in total. The zero-order valence-corrected chi connectivity index (χ0v) is 16.2. The van der Waals surface area contributed by atoms with Crippen LogP contribution in [0.15, 0.2) is 47.6 Å². The fraction of sp³-hybridized carbons (Fsp3) is 0.400. The van der Waals surface area contributed by atoms with Gasteiger partial charge in [-0.25, -0.2) is 9.37 Å². The molecule has 1 aliphatic rings. The highest BCUT2D eigenvalue weighted by Crippen LogP contribution is 2.25. The lowest BCUT2D eigenvalue weighted by Crippen LogP contribution is -2.45. The van der Waals surface area contributed by atoms with E-state index in [1.54, 1.807) is 25.4 Å². The molecular formula is C20H25ClFN5. The van der Waals surface area contributed by atoms with Gasteiger partial charge in [-0.3, -0.25) is 4.99 Å². The molecule has 27 heavy (non-hydrogen) atoms. The van der Waals surface area contributed by atoms with E-state index in [1.807, 2.05) is 18.2 Å². The molecule has 2 N–H and O–H groups in total. The van der Waals surface area contributed by atoms with E-state index in [0.717, 1.165) is 56.2 Å². The maximum absolute atomic E-state index is 13.2. The second kappa shape index (κ2) is 9.55. The van der Waals surface area contributed by atoms with Crippen LogP contribution >= 0.6 is 11.6 Å². The van der Waals surface area contributed by atoms with Gasteiger partial charge in [0.05, 0.1) is 5.02 Å². The van der Waals surface area contributed by atoms with E-state index in [-0.39, 0.29) is 11.9 Å². The van der Waals surface area contributed by atoms with Crippen LogP contribution in [0.25, 0.3) is 0 Å². The number of halogens is 2. The van der Waals surface area contributed by atoms with Crippen LogP contribution in [-0.4, -0.2) is 43.7 Å². The predicted molar refractivity (Wildman–Crippen MR) is 109 cm³/mol. The Balaban J connectivity index is 1.42. The van der Waals surface area contributed by atoms with Gasteiger partial charge in [-0.1, -0.05) is 23.7 Å². The third-order valence-electron chi connectivity index (χ3n) is 4.61. The molecule has 1 fully saturated rings. The SMILES string of the molecule is CN=C(NCCCc1cccc(F)c1)NC1CCN(c2ncccc2Cl)C1. The molecule has 144 valence electrons. The van der Waals surface area contributed by atoms with Crippen molar-refractivity contribution in [2.75, 3.05) is 31.6 Å². The lowest BCUT2D eigenvalue weighted by molar-refractivity contribution is 0.623. The Morgan fingerprint density at radius 2 is 2.26 bits per heavy atom. The van der Waals surface area contributed by atoms with E-state index >= 15 is 0 Å². The highest BCUT2D eigenvalue weighted by atomic mass is 35.5. The lowest BCUT2D eigenvalue weighted by atomic mass is 10.1. The average molecular weight is 390 g/mol. The van der Waals surface area contributed by atoms with Gasteiger partial charge in [0, 0.05) is 38.9 Å². The number of nitrogens with one attached hydrogen (secondary N) is 2. The molecule has 7 heteroatoms. The summed E-state index contributed by atoms with van der Waals surface area (Å²) in [6.07, 6.45) is 4.50. The minimum absolute atomic E-state index is 0.184. The van der Waals surface area contributed by atoms with Gasteiger partial charge in [0.1, 0.15) is 11.6 Å². The molecule has 1 saturated heterocycles. The molecule has 0 aliphatic carbocycles. The average Bonchev–Trinajstić information content (AvgIpc) is 3.13. The number of aromatic nitrogens is 1. The number of anilines is 1. The first kappa shape index (κ1) is 19.4. The summed E-state index contributed by atoms with van der Waals surface area (Å²) < 4.78 is 13.2. The molecule has 2 heterocycles. The van der Waals surface area contributed by atoms with E-state index in [0.29, 0.717) is 5.02 Å². The van der Waals surface area contributed by atoms with Crippen molar-refractivity contribution >= 4 is 23.4 Å². The predicted octanol–water partition coefficient (Wildman–Crippen LogP) is 3.25. The van der Waals surface area contributed by atoms with Crippen molar-refractivity contribution in [3.63, 3.8) is 0 Å². The largest absolute Gasteiger partial charge is 0.356 e. The highest BCUT2D eigenvalue weighted by molar-refractivity contribution is 6.32. The second-order valence-electron chi connectivity index (χ2n) is 6.62. The van der Waals surface area contributed by atoms with E-state index in [4.69, 9.17) is 11.6 Å². The Hall–Kier alpha value is -2.34. The van der Waals surface area contributed by atoms with Gasteiger partial charge in [-0.2, -0.15) is 0 Å². The molecule has 1 atom stereocenters. The summed E-state index contributed by atoms with van der Waals surface area (Å²) in [5, 5.41) is 7.47. The number of hydrogen-bond donors (Lipinski definition) is 2. The van der Waals surface area contributed by atoms with Crippen LogP contribution in [0, 0.1) is 5.82 Å². The number of hydrogen-bond acceptors (Lipinski definition) is 3. The summed E-state index contributed by atoms with van der Waals surface area (Å²) in [5.74, 6) is 1.44. The molecule has 1 aromatic heterocycles. The van der Waals surface area contributed by atoms with Crippen molar-refractivity contribution in [3.8, 4) is 0 Å². The molecule has 3 rings (SSSR count). The highest BCUT2D eigenvalue weighted by Gasteiger charge is 2.25. The van der Waals surface area contributed by atoms with Crippen molar-refractivity contribution in [2.24, 2.45) is 4.99 Å². The van der Waals surface area contributed by atoms with Crippen LogP contribution in [0.4, 0.5) is 10.2 Å². The summed E-state index contributed by atoms with van der Waals surface area (Å²) in [6.45, 7) is 2.52. The van der Waals surface area contributed by atoms with Crippen LogP contribution < -0.4 is 15.5 Å². The molecule has 1 aromatic carbocycles. The van der Waals surface area contributed by atoms with Crippen LogP contribution in [0.2, 0.25) is 5.02 Å². The lowest BCUT2D eigenvalue weighted by Gasteiger charge is -2.20. The van der Waals surface area contributed by atoms with Gasteiger partial charge >= 0.3 is 0 Å². The molecule has 0 radical (unpaired) electrons. The standard InChI is InChI=1S/C20H25ClFN5/c1-23-20(25-11-3-6-15-5-2-7-16(22)13-15)26-17-9-12-27(14-17)19-18(21)8-4-10-24-19/h2,4-5,7-8,10,13,17H,3,6,9,11-12,14H2,1H3,(H2,23,25,26). The number of benzene rings is 1.